The van der Waals surface area contributed by atoms with Crippen LogP contribution in [0.3, 0.4) is 0 Å². The predicted molar refractivity (Wildman–Crippen MR) is 103 cm³/mol. The van der Waals surface area contributed by atoms with E-state index in [1.165, 1.54) is 11.4 Å². The van der Waals surface area contributed by atoms with Gasteiger partial charge in [0, 0.05) is 60.6 Å². The van der Waals surface area contributed by atoms with Crippen LogP contribution in [0.1, 0.15) is 42.4 Å². The average molecular weight is 391 g/mol. The number of thiazole rings is 1. The Balaban J connectivity index is 1.39. The summed E-state index contributed by atoms with van der Waals surface area (Å²) >= 11 is 7.99. The highest BCUT2D eigenvalue weighted by Gasteiger charge is 2.52. The largest absolute Gasteiger partial charge is 0.486 e. The summed E-state index contributed by atoms with van der Waals surface area (Å²) in [4.78, 5) is 6.93. The maximum atomic E-state index is 6.69. The summed E-state index contributed by atoms with van der Waals surface area (Å²) in [7, 11) is 0. The van der Waals surface area contributed by atoms with Gasteiger partial charge in [-0.1, -0.05) is 11.6 Å². The van der Waals surface area contributed by atoms with Crippen LogP contribution in [0.15, 0.2) is 29.8 Å². The Morgan fingerprint density at radius 1 is 1.31 bits per heavy atom. The van der Waals surface area contributed by atoms with E-state index in [9.17, 15) is 0 Å². The summed E-state index contributed by atoms with van der Waals surface area (Å²) in [6, 6.07) is 5.98. The second kappa shape index (κ2) is 6.79. The molecule has 2 saturated heterocycles. The van der Waals surface area contributed by atoms with Crippen molar-refractivity contribution in [2.24, 2.45) is 5.92 Å². The van der Waals surface area contributed by atoms with Crippen molar-refractivity contribution in [1.82, 2.24) is 9.88 Å². The van der Waals surface area contributed by atoms with E-state index >= 15 is 0 Å². The van der Waals surface area contributed by atoms with Crippen LogP contribution in [-0.4, -0.2) is 35.2 Å². The van der Waals surface area contributed by atoms with Crippen LogP contribution >= 0.6 is 22.9 Å². The number of likely N-dealkylation sites (tertiary alicyclic amines) is 1. The minimum Gasteiger partial charge on any atom is -0.486 e. The van der Waals surface area contributed by atoms with Gasteiger partial charge in [0.25, 0.3) is 0 Å². The summed E-state index contributed by atoms with van der Waals surface area (Å²) in [5, 5.41) is 4.01. The molecule has 26 heavy (non-hydrogen) atoms. The summed E-state index contributed by atoms with van der Waals surface area (Å²) < 4.78 is 12.9. The number of hydrogen-bond donors (Lipinski definition) is 0. The van der Waals surface area contributed by atoms with Gasteiger partial charge in [-0.05, 0) is 31.0 Å². The zero-order valence-corrected chi connectivity index (χ0v) is 16.3. The van der Waals surface area contributed by atoms with Gasteiger partial charge in [-0.15, -0.1) is 11.3 Å². The first-order chi connectivity index (χ1) is 12.7. The molecular weight excluding hydrogens is 368 g/mol. The lowest BCUT2D eigenvalue weighted by atomic mass is 9.70. The Bertz CT molecular complexity index is 774. The van der Waals surface area contributed by atoms with Crippen molar-refractivity contribution in [1.29, 1.82) is 0 Å². The molecule has 0 aliphatic carbocycles. The van der Waals surface area contributed by atoms with E-state index in [1.54, 1.807) is 11.3 Å². The molecular formula is C20H23ClN2O2S. The van der Waals surface area contributed by atoms with Crippen LogP contribution in [0.25, 0.3) is 0 Å². The highest BCUT2D eigenvalue weighted by Crippen LogP contribution is 2.53. The molecule has 0 radical (unpaired) electrons. The van der Waals surface area contributed by atoms with Crippen molar-refractivity contribution >= 4 is 22.9 Å². The highest BCUT2D eigenvalue weighted by atomic mass is 35.5. The van der Waals surface area contributed by atoms with E-state index in [2.05, 4.69) is 15.3 Å². The number of nitrogens with zero attached hydrogens (tertiary/aromatic N) is 2. The molecule has 1 spiro atoms. The zero-order chi connectivity index (χ0) is 17.6. The Morgan fingerprint density at radius 2 is 2.19 bits per heavy atom. The van der Waals surface area contributed by atoms with Gasteiger partial charge in [0.15, 0.2) is 0 Å². The molecule has 6 heteroatoms. The first-order valence-corrected chi connectivity index (χ1v) is 10.7. The molecule has 138 valence electrons. The van der Waals surface area contributed by atoms with Crippen molar-refractivity contribution < 1.29 is 9.47 Å². The third kappa shape index (κ3) is 2.95. The summed E-state index contributed by atoms with van der Waals surface area (Å²) in [5.74, 6) is 1.38. The summed E-state index contributed by atoms with van der Waals surface area (Å²) in [6.45, 7) is 3.88. The van der Waals surface area contributed by atoms with Gasteiger partial charge < -0.3 is 9.47 Å². The van der Waals surface area contributed by atoms with E-state index in [1.807, 2.05) is 24.4 Å². The molecule has 3 aliphatic rings. The van der Waals surface area contributed by atoms with E-state index in [-0.39, 0.29) is 11.7 Å². The van der Waals surface area contributed by atoms with E-state index in [0.717, 1.165) is 61.8 Å². The smallest absolute Gasteiger partial charge is 0.126 e. The standard InChI is InChI=1S/C20H23ClN2O2S/c21-14-3-4-17-15(12-14)19-16(2-1-10-24-19)20(25-17)5-8-23(9-6-20)13-18-22-7-11-26-18/h3-4,7,11-12,16,19H,1-2,5-6,8-10,13H2/t16-,19+/m0/s1. The third-order valence-corrected chi connectivity index (χ3v) is 7.13. The van der Waals surface area contributed by atoms with Crippen molar-refractivity contribution in [3.05, 3.63) is 45.4 Å². The van der Waals surface area contributed by atoms with Crippen LogP contribution in [-0.2, 0) is 11.3 Å². The number of piperidine rings is 1. The predicted octanol–water partition coefficient (Wildman–Crippen LogP) is 4.69. The topological polar surface area (TPSA) is 34.6 Å². The molecule has 0 N–H and O–H groups in total. The molecule has 0 unspecified atom stereocenters. The third-order valence-electron chi connectivity index (χ3n) is 6.13. The molecule has 2 aromatic rings. The Kier molecular flexibility index (Phi) is 4.44. The highest BCUT2D eigenvalue weighted by molar-refractivity contribution is 7.09. The zero-order valence-electron chi connectivity index (χ0n) is 14.7. The van der Waals surface area contributed by atoms with Crippen molar-refractivity contribution in [2.45, 2.75) is 43.9 Å². The minimum absolute atomic E-state index is 0.106. The molecule has 5 rings (SSSR count). The molecule has 1 aromatic heterocycles. The quantitative estimate of drug-likeness (QED) is 0.744. The second-order valence-corrected chi connectivity index (χ2v) is 9.01. The SMILES string of the molecule is Clc1ccc2c(c1)[C@H]1OCCC[C@@H]1C1(CCN(Cc3nccs3)CC1)O2. The normalized spacial score (nSPS) is 27.6. The molecule has 2 fully saturated rings. The Hall–Kier alpha value is -1.14. The molecule has 2 atom stereocenters. The van der Waals surface area contributed by atoms with Crippen molar-refractivity contribution in [2.75, 3.05) is 19.7 Å². The number of halogens is 1. The molecule has 3 aliphatic heterocycles. The number of fused-ring (bicyclic) bond motifs is 4. The monoisotopic (exact) mass is 390 g/mol. The number of ether oxygens (including phenoxy) is 2. The Labute approximate surface area is 163 Å². The number of rotatable bonds is 2. The van der Waals surface area contributed by atoms with E-state index < -0.39 is 0 Å². The van der Waals surface area contributed by atoms with Gasteiger partial charge in [-0.2, -0.15) is 0 Å². The lowest BCUT2D eigenvalue weighted by Gasteiger charge is -2.53. The van der Waals surface area contributed by atoms with E-state index in [4.69, 9.17) is 21.1 Å². The van der Waals surface area contributed by atoms with Gasteiger partial charge >= 0.3 is 0 Å². The number of aromatic nitrogens is 1. The number of hydrogen-bond acceptors (Lipinski definition) is 5. The molecule has 4 nitrogen and oxygen atoms in total. The first-order valence-electron chi connectivity index (χ1n) is 9.44. The number of benzene rings is 1. The molecule has 0 bridgehead atoms. The van der Waals surface area contributed by atoms with Crippen molar-refractivity contribution in [3.8, 4) is 5.75 Å². The van der Waals surface area contributed by atoms with Gasteiger partial charge in [0.05, 0.1) is 12.6 Å². The minimum atomic E-state index is -0.106. The van der Waals surface area contributed by atoms with Crippen LogP contribution in [0.2, 0.25) is 5.02 Å². The second-order valence-electron chi connectivity index (χ2n) is 7.59. The van der Waals surface area contributed by atoms with Crippen LogP contribution in [0, 0.1) is 5.92 Å². The summed E-state index contributed by atoms with van der Waals surface area (Å²) in [6.07, 6.45) is 6.39. The van der Waals surface area contributed by atoms with Gasteiger partial charge in [0.2, 0.25) is 0 Å². The first kappa shape index (κ1) is 17.0. The maximum absolute atomic E-state index is 6.69. The van der Waals surface area contributed by atoms with Gasteiger partial charge in [-0.25, -0.2) is 4.98 Å². The van der Waals surface area contributed by atoms with Crippen molar-refractivity contribution in [3.63, 3.8) is 0 Å². The maximum Gasteiger partial charge on any atom is 0.126 e. The molecule has 0 amide bonds. The van der Waals surface area contributed by atoms with Gasteiger partial charge in [0.1, 0.15) is 16.4 Å². The Morgan fingerprint density at radius 3 is 3.00 bits per heavy atom. The molecule has 1 aromatic carbocycles. The fraction of sp³-hybridized carbons (Fsp3) is 0.550. The van der Waals surface area contributed by atoms with E-state index in [0.29, 0.717) is 5.92 Å². The molecule has 4 heterocycles. The van der Waals surface area contributed by atoms with Crippen LogP contribution < -0.4 is 4.74 Å². The summed E-state index contributed by atoms with van der Waals surface area (Å²) in [5.41, 5.74) is 1.03. The lowest BCUT2D eigenvalue weighted by Crippen LogP contribution is -2.57. The van der Waals surface area contributed by atoms with Crippen LogP contribution in [0.4, 0.5) is 0 Å². The van der Waals surface area contributed by atoms with Gasteiger partial charge in [-0.3, -0.25) is 4.90 Å². The van der Waals surface area contributed by atoms with Crippen LogP contribution in [0.5, 0.6) is 5.75 Å². The lowest BCUT2D eigenvalue weighted by molar-refractivity contribution is -0.150. The average Bonchev–Trinajstić information content (AvgIpc) is 3.18. The fourth-order valence-electron chi connectivity index (χ4n) is 4.84. The fourth-order valence-corrected chi connectivity index (χ4v) is 5.68. The molecule has 0 saturated carbocycles.